The summed E-state index contributed by atoms with van der Waals surface area (Å²) in [5.74, 6) is 1.74. The SMILES string of the molecule is C=C(C)[C@@H]1CC[C@]2(CO)CC[C@@](C)(CC)[C@H](CCC3CCCC4C(C)(C)C(c5cnc(C(=O)O)nc5)=CC[C@]34C)C12. The minimum absolute atomic E-state index is 0.0366. The number of hydrogen-bond acceptors (Lipinski definition) is 4. The fourth-order valence-electron chi connectivity index (χ4n) is 10.9. The van der Waals surface area contributed by atoms with Crippen molar-refractivity contribution in [3.05, 3.63) is 42.0 Å². The van der Waals surface area contributed by atoms with Crippen LogP contribution in [0, 0.1) is 51.2 Å². The molecule has 3 fully saturated rings. The van der Waals surface area contributed by atoms with Gasteiger partial charge in [0.15, 0.2) is 0 Å². The van der Waals surface area contributed by atoms with Crippen LogP contribution in [0.5, 0.6) is 0 Å². The molecular formula is C36H54N2O3. The van der Waals surface area contributed by atoms with Crippen LogP contribution >= 0.6 is 0 Å². The normalized spacial score (nSPS) is 39.9. The molecular weight excluding hydrogens is 508 g/mol. The molecule has 0 saturated heterocycles. The number of aliphatic hydroxyl groups is 1. The Bertz CT molecular complexity index is 1190. The van der Waals surface area contributed by atoms with Crippen LogP contribution in [0.4, 0.5) is 0 Å². The second kappa shape index (κ2) is 10.9. The summed E-state index contributed by atoms with van der Waals surface area (Å²) in [7, 11) is 0. The van der Waals surface area contributed by atoms with E-state index in [-0.39, 0.29) is 22.1 Å². The molecule has 0 aromatic carbocycles. The van der Waals surface area contributed by atoms with E-state index in [9.17, 15) is 15.0 Å². The zero-order chi connectivity index (χ0) is 29.8. The van der Waals surface area contributed by atoms with E-state index in [0.29, 0.717) is 41.6 Å². The van der Waals surface area contributed by atoms with Gasteiger partial charge < -0.3 is 10.2 Å². The topological polar surface area (TPSA) is 83.3 Å². The molecule has 2 N–H and O–H groups in total. The molecule has 0 bridgehead atoms. The van der Waals surface area contributed by atoms with Crippen molar-refractivity contribution in [2.45, 2.75) is 112 Å². The maximum Gasteiger partial charge on any atom is 0.373 e. The number of carboxylic acids is 1. The van der Waals surface area contributed by atoms with E-state index in [1.54, 1.807) is 12.4 Å². The second-order valence-electron chi connectivity index (χ2n) is 15.6. The number of nitrogens with zero attached hydrogens (tertiary/aromatic N) is 2. The van der Waals surface area contributed by atoms with E-state index < -0.39 is 5.97 Å². The average molecular weight is 563 g/mol. The van der Waals surface area contributed by atoms with Crippen molar-refractivity contribution >= 4 is 11.5 Å². The quantitative estimate of drug-likeness (QED) is 0.310. The summed E-state index contributed by atoms with van der Waals surface area (Å²) in [6.45, 7) is 19.3. The molecule has 5 heteroatoms. The van der Waals surface area contributed by atoms with E-state index >= 15 is 0 Å². The van der Waals surface area contributed by atoms with Gasteiger partial charge >= 0.3 is 5.97 Å². The molecule has 1 aromatic rings. The molecule has 3 unspecified atom stereocenters. The van der Waals surface area contributed by atoms with Crippen molar-refractivity contribution in [1.29, 1.82) is 0 Å². The standard InChI is InChI=1S/C36H54N2O3/c1-8-34(6)18-19-36(22-39)17-14-26(23(2)3)30(36)28(34)13-12-25-10-9-11-29-33(4,5)27(15-16-35(25,29)7)24-20-37-31(32(40)41)38-21-24/h15,20-21,25-26,28-30,39H,2,8-14,16-19,22H2,1,3-7H3,(H,40,41)/t25?,26-,28+,29?,30?,34+,35+,36+/m0/s1. The number of carbonyl (C=O) groups is 1. The zero-order valence-corrected chi connectivity index (χ0v) is 26.5. The van der Waals surface area contributed by atoms with Crippen molar-refractivity contribution in [2.75, 3.05) is 6.61 Å². The third kappa shape index (κ3) is 4.92. The van der Waals surface area contributed by atoms with Crippen LogP contribution < -0.4 is 0 Å². The maximum atomic E-state index is 11.3. The second-order valence-corrected chi connectivity index (χ2v) is 15.6. The number of aliphatic hydroxyl groups excluding tert-OH is 1. The molecule has 0 aliphatic heterocycles. The summed E-state index contributed by atoms with van der Waals surface area (Å²) in [6, 6.07) is 0. The largest absolute Gasteiger partial charge is 0.475 e. The number of hydrogen-bond donors (Lipinski definition) is 2. The Kier molecular flexibility index (Phi) is 8.11. The van der Waals surface area contributed by atoms with E-state index in [4.69, 9.17) is 0 Å². The Morgan fingerprint density at radius 3 is 2.37 bits per heavy atom. The van der Waals surface area contributed by atoms with Gasteiger partial charge in [0.25, 0.3) is 0 Å². The maximum absolute atomic E-state index is 11.3. The van der Waals surface area contributed by atoms with Gasteiger partial charge in [0.1, 0.15) is 0 Å². The first-order valence-electron chi connectivity index (χ1n) is 16.4. The molecule has 226 valence electrons. The van der Waals surface area contributed by atoms with E-state index in [0.717, 1.165) is 18.4 Å². The van der Waals surface area contributed by atoms with Crippen molar-refractivity contribution < 1.29 is 15.0 Å². The van der Waals surface area contributed by atoms with Gasteiger partial charge in [-0.1, -0.05) is 65.7 Å². The molecule has 0 amide bonds. The van der Waals surface area contributed by atoms with Crippen molar-refractivity contribution in [1.82, 2.24) is 9.97 Å². The molecule has 0 spiro atoms. The number of carboxylic acid groups (broad SMARTS) is 1. The lowest BCUT2D eigenvalue weighted by Gasteiger charge is -2.58. The number of rotatable bonds is 8. The Labute approximate surface area is 248 Å². The van der Waals surface area contributed by atoms with E-state index in [1.807, 2.05) is 0 Å². The van der Waals surface area contributed by atoms with Crippen molar-refractivity contribution in [3.63, 3.8) is 0 Å². The third-order valence-electron chi connectivity index (χ3n) is 13.4. The van der Waals surface area contributed by atoms with Gasteiger partial charge in [-0.25, -0.2) is 14.8 Å². The average Bonchev–Trinajstić information content (AvgIpc) is 3.33. The molecule has 1 heterocycles. The molecule has 4 aliphatic carbocycles. The number of fused-ring (bicyclic) bond motifs is 2. The monoisotopic (exact) mass is 562 g/mol. The summed E-state index contributed by atoms with van der Waals surface area (Å²) in [4.78, 5) is 19.6. The Balaban J connectivity index is 1.42. The minimum atomic E-state index is -1.09. The number of allylic oxidation sites excluding steroid dienone is 3. The van der Waals surface area contributed by atoms with Crippen LogP contribution in [-0.4, -0.2) is 32.8 Å². The zero-order valence-electron chi connectivity index (χ0n) is 26.5. The predicted molar refractivity (Wildman–Crippen MR) is 165 cm³/mol. The van der Waals surface area contributed by atoms with Crippen molar-refractivity contribution in [2.24, 2.45) is 51.2 Å². The Hall–Kier alpha value is -2.01. The highest BCUT2D eigenvalue weighted by Crippen LogP contribution is 2.66. The summed E-state index contributed by atoms with van der Waals surface area (Å²) >= 11 is 0. The first-order chi connectivity index (χ1) is 19.3. The molecule has 8 atom stereocenters. The molecule has 5 rings (SSSR count). The molecule has 5 nitrogen and oxygen atoms in total. The molecule has 0 radical (unpaired) electrons. The highest BCUT2D eigenvalue weighted by atomic mass is 16.4. The Morgan fingerprint density at radius 1 is 1.05 bits per heavy atom. The highest BCUT2D eigenvalue weighted by Gasteiger charge is 2.59. The van der Waals surface area contributed by atoms with Gasteiger partial charge in [0, 0.05) is 24.6 Å². The van der Waals surface area contributed by atoms with E-state index in [1.165, 1.54) is 68.9 Å². The molecule has 1 aromatic heterocycles. The molecule has 41 heavy (non-hydrogen) atoms. The van der Waals surface area contributed by atoms with Crippen LogP contribution in [0.15, 0.2) is 30.6 Å². The van der Waals surface area contributed by atoms with Gasteiger partial charge in [0.2, 0.25) is 5.82 Å². The minimum Gasteiger partial charge on any atom is -0.475 e. The van der Waals surface area contributed by atoms with Crippen LogP contribution in [0.2, 0.25) is 0 Å². The lowest BCUT2D eigenvalue weighted by Crippen LogP contribution is -2.50. The van der Waals surface area contributed by atoms with Crippen LogP contribution in [0.1, 0.15) is 128 Å². The van der Waals surface area contributed by atoms with Gasteiger partial charge in [-0.3, -0.25) is 0 Å². The Morgan fingerprint density at radius 2 is 1.76 bits per heavy atom. The van der Waals surface area contributed by atoms with Gasteiger partial charge in [-0.2, -0.15) is 0 Å². The van der Waals surface area contributed by atoms with Crippen LogP contribution in [0.3, 0.4) is 0 Å². The smallest absolute Gasteiger partial charge is 0.373 e. The third-order valence-corrected chi connectivity index (χ3v) is 13.4. The molecule has 4 aliphatic rings. The summed E-state index contributed by atoms with van der Waals surface area (Å²) in [5.41, 5.74) is 4.17. The number of aromatic carboxylic acids is 1. The van der Waals surface area contributed by atoms with Crippen LogP contribution in [-0.2, 0) is 0 Å². The molecule has 3 saturated carbocycles. The van der Waals surface area contributed by atoms with Crippen LogP contribution in [0.25, 0.3) is 5.57 Å². The fourth-order valence-corrected chi connectivity index (χ4v) is 10.9. The first kappa shape index (κ1) is 30.4. The summed E-state index contributed by atoms with van der Waals surface area (Å²) < 4.78 is 0. The van der Waals surface area contributed by atoms with Gasteiger partial charge in [-0.05, 0) is 122 Å². The van der Waals surface area contributed by atoms with Gasteiger partial charge in [-0.15, -0.1) is 0 Å². The summed E-state index contributed by atoms with van der Waals surface area (Å²) in [5, 5.41) is 20.0. The highest BCUT2D eigenvalue weighted by molar-refractivity contribution is 5.83. The van der Waals surface area contributed by atoms with Crippen molar-refractivity contribution in [3.8, 4) is 0 Å². The fraction of sp³-hybridized carbons (Fsp3) is 0.750. The van der Waals surface area contributed by atoms with Gasteiger partial charge in [0.05, 0.1) is 0 Å². The lowest BCUT2D eigenvalue weighted by molar-refractivity contribution is -0.0814. The summed E-state index contributed by atoms with van der Waals surface area (Å²) in [6.07, 6.45) is 19.2. The van der Waals surface area contributed by atoms with E-state index in [2.05, 4.69) is 64.2 Å². The number of aromatic nitrogens is 2. The lowest BCUT2D eigenvalue weighted by atomic mass is 9.46. The predicted octanol–water partition coefficient (Wildman–Crippen LogP) is 8.60. The first-order valence-corrected chi connectivity index (χ1v) is 16.4.